The Hall–Kier alpha value is -4.17. The molecular formula is C36H34N3NaO4. The number of hydrogen-bond donors (Lipinski definition) is 1. The first kappa shape index (κ1) is 31.3. The van der Waals surface area contributed by atoms with Gasteiger partial charge in [0.15, 0.2) is 6.73 Å². The van der Waals surface area contributed by atoms with Gasteiger partial charge in [-0.2, -0.15) is 0 Å². The van der Waals surface area contributed by atoms with Crippen molar-refractivity contribution in [3.8, 4) is 11.5 Å². The van der Waals surface area contributed by atoms with Gasteiger partial charge in [0.05, 0.1) is 22.2 Å². The molecule has 0 aliphatic carbocycles. The van der Waals surface area contributed by atoms with E-state index in [0.717, 1.165) is 56.1 Å². The van der Waals surface area contributed by atoms with Gasteiger partial charge in [-0.15, -0.1) is 0 Å². The molecule has 2 heterocycles. The number of fused-ring (bicyclic) bond motifs is 2. The van der Waals surface area contributed by atoms with Crippen LogP contribution in [0.4, 0.5) is 0 Å². The van der Waals surface area contributed by atoms with Gasteiger partial charge in [-0.25, -0.2) is 9.97 Å². The van der Waals surface area contributed by atoms with Gasteiger partial charge in [-0.3, -0.25) is 9.36 Å². The summed E-state index contributed by atoms with van der Waals surface area (Å²) in [6.45, 7) is 4.76. The van der Waals surface area contributed by atoms with Crippen LogP contribution in [-0.4, -0.2) is 25.6 Å². The molecule has 0 spiro atoms. The summed E-state index contributed by atoms with van der Waals surface area (Å²) in [7, 11) is 0. The fraction of sp³-hybridized carbons (Fsp3) is 0.194. The van der Waals surface area contributed by atoms with Gasteiger partial charge < -0.3 is 16.0 Å². The number of aromatic nitrogens is 3. The van der Waals surface area contributed by atoms with E-state index >= 15 is 0 Å². The number of rotatable bonds is 11. The van der Waals surface area contributed by atoms with Crippen LogP contribution in [0, 0.1) is 6.92 Å². The Morgan fingerprint density at radius 2 is 1.41 bits per heavy atom. The molecule has 0 fully saturated rings. The Bertz CT molecular complexity index is 1890. The van der Waals surface area contributed by atoms with Crippen molar-refractivity contribution in [1.82, 2.24) is 14.5 Å². The van der Waals surface area contributed by atoms with Crippen molar-refractivity contribution in [2.45, 2.75) is 45.4 Å². The second-order valence-corrected chi connectivity index (χ2v) is 10.9. The number of carbonyl (C=O) groups is 1. The number of pyridine rings is 1. The molecule has 7 nitrogen and oxygen atoms in total. The van der Waals surface area contributed by atoms with E-state index in [1.54, 1.807) is 0 Å². The molecule has 44 heavy (non-hydrogen) atoms. The van der Waals surface area contributed by atoms with Crippen molar-refractivity contribution in [3.05, 3.63) is 132 Å². The van der Waals surface area contributed by atoms with Gasteiger partial charge in [0.1, 0.15) is 23.9 Å². The molecule has 1 N–H and O–H groups in total. The van der Waals surface area contributed by atoms with Crippen LogP contribution in [0.25, 0.3) is 21.9 Å². The van der Waals surface area contributed by atoms with Crippen molar-refractivity contribution in [3.63, 3.8) is 0 Å². The van der Waals surface area contributed by atoms with Crippen molar-refractivity contribution in [2.75, 3.05) is 0 Å². The maximum absolute atomic E-state index is 11.6. The third-order valence-corrected chi connectivity index (χ3v) is 8.07. The molecule has 0 aliphatic heterocycles. The topological polar surface area (TPSA) is 86.5 Å². The standard InChI is InChI=1S/C36H33N3O4.Na.H/c1-25-37-33-9-5-6-10-34(33)39(25)24-43-31-19-14-28(15-20-31)36(2,22-21-35(40)41)27-12-17-30(18-13-27)42-23-29-16-11-26-7-3-4-8-32(26)38-29;;/h3-20H,21-24H2,1-2H3,(H,40,41);;/q;+1;-1. The van der Waals surface area contributed by atoms with Crippen LogP contribution < -0.4 is 39.0 Å². The molecule has 6 aromatic rings. The summed E-state index contributed by atoms with van der Waals surface area (Å²) in [5.74, 6) is 1.52. The summed E-state index contributed by atoms with van der Waals surface area (Å²) in [5, 5.41) is 10.6. The number of nitrogens with zero attached hydrogens (tertiary/aromatic N) is 3. The number of para-hydroxylation sites is 3. The van der Waals surface area contributed by atoms with Gasteiger partial charge in [-0.1, -0.05) is 67.6 Å². The third-order valence-electron chi connectivity index (χ3n) is 8.07. The van der Waals surface area contributed by atoms with Crippen LogP contribution in [0.15, 0.2) is 109 Å². The molecule has 0 amide bonds. The third kappa shape index (κ3) is 6.81. The predicted molar refractivity (Wildman–Crippen MR) is 168 cm³/mol. The smallest absolute Gasteiger partial charge is 1.00 e. The van der Waals surface area contributed by atoms with Crippen molar-refractivity contribution >= 4 is 27.9 Å². The van der Waals surface area contributed by atoms with Gasteiger partial charge in [0, 0.05) is 17.2 Å². The fourth-order valence-corrected chi connectivity index (χ4v) is 5.49. The van der Waals surface area contributed by atoms with Gasteiger partial charge in [0.2, 0.25) is 0 Å². The summed E-state index contributed by atoms with van der Waals surface area (Å²) in [5.41, 5.74) is 5.27. The number of aliphatic carboxylic acids is 1. The Morgan fingerprint density at radius 3 is 2.09 bits per heavy atom. The molecule has 1 unspecified atom stereocenters. The number of aryl methyl sites for hydroxylation is 1. The summed E-state index contributed by atoms with van der Waals surface area (Å²) in [6.07, 6.45) is 0.498. The minimum atomic E-state index is -0.822. The van der Waals surface area contributed by atoms with E-state index in [0.29, 0.717) is 19.8 Å². The molecule has 0 saturated heterocycles. The van der Waals surface area contributed by atoms with E-state index < -0.39 is 11.4 Å². The van der Waals surface area contributed by atoms with E-state index in [-0.39, 0.29) is 37.4 Å². The number of benzene rings is 4. The average molecular weight is 596 g/mol. The zero-order valence-corrected chi connectivity index (χ0v) is 27.2. The number of carboxylic acids is 1. The quantitative estimate of drug-likeness (QED) is 0.217. The Kier molecular flexibility index (Phi) is 9.69. The van der Waals surface area contributed by atoms with E-state index in [4.69, 9.17) is 9.47 Å². The summed E-state index contributed by atoms with van der Waals surface area (Å²) in [6, 6.07) is 35.9. The van der Waals surface area contributed by atoms with Crippen molar-refractivity contribution in [1.29, 1.82) is 0 Å². The SMILES string of the molecule is Cc1nc2ccccc2n1COc1ccc(C(C)(CCC(=O)O)c2ccc(OCc3ccc4ccccc4n3)cc2)cc1.[H-].[Na+]. The molecule has 0 saturated carbocycles. The van der Waals surface area contributed by atoms with Crippen LogP contribution in [0.2, 0.25) is 0 Å². The minimum Gasteiger partial charge on any atom is -1.00 e. The van der Waals surface area contributed by atoms with E-state index in [1.165, 1.54) is 0 Å². The van der Waals surface area contributed by atoms with Crippen LogP contribution in [0.3, 0.4) is 0 Å². The van der Waals surface area contributed by atoms with E-state index in [1.807, 2.05) is 115 Å². The maximum atomic E-state index is 11.6. The Balaban J connectivity index is 0.00000230. The van der Waals surface area contributed by atoms with Crippen molar-refractivity contribution < 1.29 is 50.4 Å². The number of ether oxygens (including phenoxy) is 2. The first-order chi connectivity index (χ1) is 20.9. The zero-order chi connectivity index (χ0) is 29.8. The molecule has 218 valence electrons. The fourth-order valence-electron chi connectivity index (χ4n) is 5.49. The van der Waals surface area contributed by atoms with Crippen LogP contribution in [-0.2, 0) is 23.5 Å². The number of imidazole rings is 1. The second-order valence-electron chi connectivity index (χ2n) is 10.9. The van der Waals surface area contributed by atoms with E-state index in [2.05, 4.69) is 23.0 Å². The Labute approximate surface area is 280 Å². The number of carboxylic acid groups (broad SMARTS) is 1. The Morgan fingerprint density at radius 1 is 0.795 bits per heavy atom. The molecule has 8 heteroatoms. The summed E-state index contributed by atoms with van der Waals surface area (Å²) >= 11 is 0. The normalized spacial score (nSPS) is 12.4. The molecule has 1 atom stereocenters. The van der Waals surface area contributed by atoms with Crippen LogP contribution in [0.1, 0.15) is 43.8 Å². The first-order valence-corrected chi connectivity index (χ1v) is 14.3. The molecule has 2 aromatic heterocycles. The maximum Gasteiger partial charge on any atom is 1.00 e. The minimum absolute atomic E-state index is 0. The average Bonchev–Trinajstić information content (AvgIpc) is 3.36. The summed E-state index contributed by atoms with van der Waals surface area (Å²) in [4.78, 5) is 20.9. The van der Waals surface area contributed by atoms with Crippen LogP contribution >= 0.6 is 0 Å². The molecule has 6 rings (SSSR count). The van der Waals surface area contributed by atoms with E-state index in [9.17, 15) is 9.90 Å². The molecular weight excluding hydrogens is 561 g/mol. The van der Waals surface area contributed by atoms with Crippen LogP contribution in [0.5, 0.6) is 11.5 Å². The second kappa shape index (κ2) is 13.6. The van der Waals surface area contributed by atoms with Gasteiger partial charge in [-0.05, 0) is 73.0 Å². The zero-order valence-electron chi connectivity index (χ0n) is 26.2. The first-order valence-electron chi connectivity index (χ1n) is 14.3. The van der Waals surface area contributed by atoms with Gasteiger partial charge >= 0.3 is 35.5 Å². The predicted octanol–water partition coefficient (Wildman–Crippen LogP) is 4.80. The molecule has 0 radical (unpaired) electrons. The number of hydrogen-bond acceptors (Lipinski definition) is 5. The summed E-state index contributed by atoms with van der Waals surface area (Å²) < 4.78 is 14.2. The molecule has 0 aliphatic rings. The van der Waals surface area contributed by atoms with Crippen molar-refractivity contribution in [2.24, 2.45) is 0 Å². The monoisotopic (exact) mass is 595 g/mol. The van der Waals surface area contributed by atoms with Gasteiger partial charge in [0.25, 0.3) is 0 Å². The molecule has 0 bridgehead atoms. The largest absolute Gasteiger partial charge is 1.00 e. The molecule has 4 aromatic carbocycles.